The number of carbonyl (C=O) groups is 2. The number of thiophene rings is 1. The highest BCUT2D eigenvalue weighted by atomic mass is 32.1. The summed E-state index contributed by atoms with van der Waals surface area (Å²) < 4.78 is 7.30. The first-order chi connectivity index (χ1) is 17.8. The fourth-order valence-electron chi connectivity index (χ4n) is 4.11. The standard InChI is InChI=1S/C30H29N3O3S/c1-5-36-30(35)25-15-27(19(2)3)37-29(25)32-28(34)22(16-31)14-23-18-33(26-13-9-8-12-24(23)26)17-21-11-7-6-10-20(21)4/h6-15,18-19H,5,17H2,1-4H3,(H,32,34). The lowest BCUT2D eigenvalue weighted by molar-refractivity contribution is -0.112. The third-order valence-electron chi connectivity index (χ3n) is 6.13. The number of hydrogen-bond donors (Lipinski definition) is 1. The van der Waals surface area contributed by atoms with Crippen LogP contribution in [-0.2, 0) is 16.1 Å². The molecule has 1 N–H and O–H groups in total. The van der Waals surface area contributed by atoms with Crippen LogP contribution in [0.1, 0.15) is 58.6 Å². The number of rotatable bonds is 8. The van der Waals surface area contributed by atoms with Gasteiger partial charge < -0.3 is 14.6 Å². The van der Waals surface area contributed by atoms with Gasteiger partial charge in [0.05, 0.1) is 12.2 Å². The summed E-state index contributed by atoms with van der Waals surface area (Å²) in [5.74, 6) is -0.891. The molecule has 4 rings (SSSR count). The molecule has 6 nitrogen and oxygen atoms in total. The normalized spacial score (nSPS) is 11.5. The van der Waals surface area contributed by atoms with Crippen molar-refractivity contribution < 1.29 is 14.3 Å². The van der Waals surface area contributed by atoms with Gasteiger partial charge in [0.15, 0.2) is 0 Å². The quantitative estimate of drug-likeness (QED) is 0.158. The Morgan fingerprint density at radius 1 is 1.16 bits per heavy atom. The topological polar surface area (TPSA) is 84.1 Å². The molecule has 0 aliphatic rings. The zero-order valence-corrected chi connectivity index (χ0v) is 22.2. The van der Waals surface area contributed by atoms with E-state index in [9.17, 15) is 14.9 Å². The zero-order chi connectivity index (χ0) is 26.5. The number of nitriles is 1. The Morgan fingerprint density at radius 2 is 1.89 bits per heavy atom. The van der Waals surface area contributed by atoms with Gasteiger partial charge in [-0.3, -0.25) is 4.79 Å². The minimum Gasteiger partial charge on any atom is -0.462 e. The zero-order valence-electron chi connectivity index (χ0n) is 21.4. The molecule has 0 aliphatic carbocycles. The van der Waals surface area contributed by atoms with E-state index in [-0.39, 0.29) is 18.1 Å². The molecule has 2 aromatic carbocycles. The minimum absolute atomic E-state index is 0.0481. The molecular weight excluding hydrogens is 482 g/mol. The second-order valence-corrected chi connectivity index (χ2v) is 10.1. The maximum absolute atomic E-state index is 13.2. The average molecular weight is 512 g/mol. The van der Waals surface area contributed by atoms with Crippen LogP contribution >= 0.6 is 11.3 Å². The lowest BCUT2D eigenvalue weighted by Gasteiger charge is -2.08. The van der Waals surface area contributed by atoms with Gasteiger partial charge in [-0.15, -0.1) is 11.3 Å². The molecule has 2 heterocycles. The minimum atomic E-state index is -0.569. The maximum atomic E-state index is 13.2. The molecule has 0 aliphatic heterocycles. The molecule has 0 saturated heterocycles. The first-order valence-corrected chi connectivity index (χ1v) is 13.0. The third kappa shape index (κ3) is 5.65. The summed E-state index contributed by atoms with van der Waals surface area (Å²) in [5.41, 5.74) is 4.43. The Morgan fingerprint density at radius 3 is 2.59 bits per heavy atom. The van der Waals surface area contributed by atoms with Crippen LogP contribution in [-0.4, -0.2) is 23.1 Å². The van der Waals surface area contributed by atoms with Crippen molar-refractivity contribution in [2.24, 2.45) is 0 Å². The number of nitrogens with zero attached hydrogens (tertiary/aromatic N) is 2. The lowest BCUT2D eigenvalue weighted by Crippen LogP contribution is -2.15. The van der Waals surface area contributed by atoms with Crippen molar-refractivity contribution in [3.8, 4) is 6.07 Å². The van der Waals surface area contributed by atoms with Crippen LogP contribution in [0.15, 0.2) is 66.4 Å². The van der Waals surface area contributed by atoms with E-state index in [1.807, 2.05) is 62.5 Å². The summed E-state index contributed by atoms with van der Waals surface area (Å²) in [6.45, 7) is 8.75. The van der Waals surface area contributed by atoms with Gasteiger partial charge in [-0.25, -0.2) is 4.79 Å². The maximum Gasteiger partial charge on any atom is 0.341 e. The number of esters is 1. The van der Waals surface area contributed by atoms with Crippen molar-refractivity contribution in [1.29, 1.82) is 5.26 Å². The molecule has 2 aromatic heterocycles. The number of carbonyl (C=O) groups excluding carboxylic acids is 2. The fourth-order valence-corrected chi connectivity index (χ4v) is 5.16. The molecule has 4 aromatic rings. The highest BCUT2D eigenvalue weighted by Gasteiger charge is 2.22. The van der Waals surface area contributed by atoms with Gasteiger partial charge in [-0.2, -0.15) is 5.26 Å². The number of ether oxygens (including phenoxy) is 1. The average Bonchev–Trinajstić information content (AvgIpc) is 3.46. The van der Waals surface area contributed by atoms with Crippen molar-refractivity contribution in [2.45, 2.75) is 40.2 Å². The van der Waals surface area contributed by atoms with Crippen LogP contribution in [0.3, 0.4) is 0 Å². The van der Waals surface area contributed by atoms with Crippen LogP contribution in [0.5, 0.6) is 0 Å². The van der Waals surface area contributed by atoms with Gasteiger partial charge in [0.1, 0.15) is 16.6 Å². The predicted molar refractivity (Wildman–Crippen MR) is 149 cm³/mol. The number of amides is 1. The molecule has 188 valence electrons. The van der Waals surface area contributed by atoms with E-state index in [1.54, 1.807) is 19.1 Å². The molecule has 0 spiro atoms. The Bertz CT molecular complexity index is 1540. The number of nitrogens with one attached hydrogen (secondary N) is 1. The SMILES string of the molecule is CCOC(=O)c1cc(C(C)C)sc1NC(=O)C(C#N)=Cc1cn(Cc2ccccc2C)c2ccccc12. The summed E-state index contributed by atoms with van der Waals surface area (Å²) in [5, 5.41) is 14.0. The molecule has 0 radical (unpaired) electrons. The number of fused-ring (bicyclic) bond motifs is 1. The van der Waals surface area contributed by atoms with Crippen LogP contribution in [0.4, 0.5) is 5.00 Å². The molecule has 37 heavy (non-hydrogen) atoms. The summed E-state index contributed by atoms with van der Waals surface area (Å²) in [6, 6.07) is 19.9. The highest BCUT2D eigenvalue weighted by molar-refractivity contribution is 7.16. The number of aryl methyl sites for hydroxylation is 1. The Hall–Kier alpha value is -4.15. The number of anilines is 1. The van der Waals surface area contributed by atoms with E-state index >= 15 is 0 Å². The Kier molecular flexibility index (Phi) is 7.90. The second kappa shape index (κ2) is 11.3. The summed E-state index contributed by atoms with van der Waals surface area (Å²) in [7, 11) is 0. The molecule has 1 amide bonds. The summed E-state index contributed by atoms with van der Waals surface area (Å²) in [4.78, 5) is 26.6. The number of aromatic nitrogens is 1. The van der Waals surface area contributed by atoms with Gasteiger partial charge in [0.25, 0.3) is 5.91 Å². The molecule has 0 atom stereocenters. The van der Waals surface area contributed by atoms with Gasteiger partial charge in [0, 0.05) is 34.1 Å². The van der Waals surface area contributed by atoms with Gasteiger partial charge in [0.2, 0.25) is 0 Å². The molecule has 0 saturated carbocycles. The van der Waals surface area contributed by atoms with E-state index in [2.05, 4.69) is 28.9 Å². The van der Waals surface area contributed by atoms with Crippen molar-refractivity contribution in [1.82, 2.24) is 4.57 Å². The van der Waals surface area contributed by atoms with Gasteiger partial charge in [-0.1, -0.05) is 56.3 Å². The monoisotopic (exact) mass is 511 g/mol. The number of para-hydroxylation sites is 1. The van der Waals surface area contributed by atoms with Crippen LogP contribution in [0, 0.1) is 18.3 Å². The fraction of sp³-hybridized carbons (Fsp3) is 0.233. The smallest absolute Gasteiger partial charge is 0.341 e. The largest absolute Gasteiger partial charge is 0.462 e. The van der Waals surface area contributed by atoms with Crippen molar-refractivity contribution in [3.05, 3.63) is 93.5 Å². The van der Waals surface area contributed by atoms with E-state index in [0.717, 1.165) is 21.3 Å². The van der Waals surface area contributed by atoms with Crippen molar-refractivity contribution in [3.63, 3.8) is 0 Å². The second-order valence-electron chi connectivity index (χ2n) is 9.05. The number of hydrogen-bond acceptors (Lipinski definition) is 5. The number of benzene rings is 2. The molecule has 0 unspecified atom stereocenters. The van der Waals surface area contributed by atoms with E-state index in [1.165, 1.54) is 22.5 Å². The van der Waals surface area contributed by atoms with E-state index in [4.69, 9.17) is 4.74 Å². The molecular formula is C30H29N3O3S. The predicted octanol–water partition coefficient (Wildman–Crippen LogP) is 6.91. The summed E-state index contributed by atoms with van der Waals surface area (Å²) >= 11 is 1.32. The molecule has 7 heteroatoms. The lowest BCUT2D eigenvalue weighted by atomic mass is 10.1. The first-order valence-electron chi connectivity index (χ1n) is 12.2. The van der Waals surface area contributed by atoms with E-state index < -0.39 is 11.9 Å². The van der Waals surface area contributed by atoms with Crippen molar-refractivity contribution in [2.75, 3.05) is 11.9 Å². The van der Waals surface area contributed by atoms with Gasteiger partial charge >= 0.3 is 5.97 Å². The van der Waals surface area contributed by atoms with E-state index in [0.29, 0.717) is 17.1 Å². The molecule has 0 fully saturated rings. The van der Waals surface area contributed by atoms with Crippen LogP contribution < -0.4 is 5.32 Å². The van der Waals surface area contributed by atoms with Gasteiger partial charge in [-0.05, 0) is 49.1 Å². The third-order valence-corrected chi connectivity index (χ3v) is 7.48. The van der Waals surface area contributed by atoms with Crippen molar-refractivity contribution >= 4 is 45.2 Å². The highest BCUT2D eigenvalue weighted by Crippen LogP contribution is 2.34. The van der Waals surface area contributed by atoms with Crippen LogP contribution in [0.25, 0.3) is 17.0 Å². The molecule has 0 bridgehead atoms. The Balaban J connectivity index is 1.68. The summed E-state index contributed by atoms with van der Waals surface area (Å²) in [6.07, 6.45) is 3.57. The first kappa shape index (κ1) is 25.9. The Labute approximate surface area is 220 Å². The van der Waals surface area contributed by atoms with Crippen LogP contribution in [0.2, 0.25) is 0 Å².